The van der Waals surface area contributed by atoms with Gasteiger partial charge in [-0.3, -0.25) is 4.79 Å². The largest absolute Gasteiger partial charge is 0.493 e. The summed E-state index contributed by atoms with van der Waals surface area (Å²) in [6, 6.07) is 15.1. The lowest BCUT2D eigenvalue weighted by atomic mass is 9.74. The number of Topliss-reactive ketones (excluding diaryl/α,β-unsaturated/α-hetero) is 1. The number of ether oxygens (including phenoxy) is 2. The predicted octanol–water partition coefficient (Wildman–Crippen LogP) is 4.78. The van der Waals surface area contributed by atoms with E-state index in [9.17, 15) is 14.3 Å². The number of benzene rings is 2. The minimum atomic E-state index is -1.38. The highest BCUT2D eigenvalue weighted by molar-refractivity contribution is 5.96. The number of pyridine rings is 1. The first-order valence-corrected chi connectivity index (χ1v) is 13.3. The number of ketones is 1. The molecule has 1 aliphatic rings. The fourth-order valence-electron chi connectivity index (χ4n) is 4.94. The molecule has 2 aromatic carbocycles. The second kappa shape index (κ2) is 12.2. The smallest absolute Gasteiger partial charge is 0.163 e. The summed E-state index contributed by atoms with van der Waals surface area (Å²) in [5.74, 6) is 0.364. The number of methoxy groups -OCH3 is 1. The lowest BCUT2D eigenvalue weighted by molar-refractivity contribution is 0.0396. The molecule has 0 bridgehead atoms. The van der Waals surface area contributed by atoms with Gasteiger partial charge in [-0.25, -0.2) is 9.37 Å². The van der Waals surface area contributed by atoms with Gasteiger partial charge in [-0.15, -0.1) is 0 Å². The van der Waals surface area contributed by atoms with Crippen molar-refractivity contribution in [2.45, 2.75) is 50.5 Å². The van der Waals surface area contributed by atoms with Crippen molar-refractivity contribution in [3.63, 3.8) is 0 Å². The highest BCUT2D eigenvalue weighted by Crippen LogP contribution is 2.38. The lowest BCUT2D eigenvalue weighted by Crippen LogP contribution is -2.38. The van der Waals surface area contributed by atoms with Crippen LogP contribution in [0.3, 0.4) is 0 Å². The molecule has 3 N–H and O–H groups in total. The Balaban J connectivity index is 1.60. The van der Waals surface area contributed by atoms with E-state index >= 15 is 0 Å². The number of halogens is 1. The summed E-state index contributed by atoms with van der Waals surface area (Å²) >= 11 is 0. The molecular weight excluding hydrogens is 499 g/mol. The normalized spacial score (nSPS) is 16.4. The molecular formula is C31H37FN2O5. The molecule has 8 heteroatoms. The third-order valence-corrected chi connectivity index (χ3v) is 7.59. The summed E-state index contributed by atoms with van der Waals surface area (Å²) in [4.78, 5) is 17.9. The number of carbonyl (C=O) groups excluding carboxylic acids is 1. The van der Waals surface area contributed by atoms with Crippen LogP contribution in [0.4, 0.5) is 4.39 Å². The zero-order valence-electron chi connectivity index (χ0n) is 22.8. The fraction of sp³-hybridized carbons (Fsp3) is 0.419. The van der Waals surface area contributed by atoms with Gasteiger partial charge in [0.25, 0.3) is 0 Å². The molecule has 1 unspecified atom stereocenters. The molecule has 0 spiro atoms. The van der Waals surface area contributed by atoms with Crippen LogP contribution < -0.4 is 14.8 Å². The molecule has 1 aliphatic heterocycles. The number of piperidine rings is 1. The molecule has 7 nitrogen and oxygen atoms in total. The summed E-state index contributed by atoms with van der Waals surface area (Å²) in [6.45, 7) is 5.69. The Hall–Kier alpha value is -3.33. The molecule has 1 aromatic heterocycles. The highest BCUT2D eigenvalue weighted by Gasteiger charge is 2.33. The van der Waals surface area contributed by atoms with Crippen molar-refractivity contribution in [2.24, 2.45) is 0 Å². The molecule has 208 valence electrons. The van der Waals surface area contributed by atoms with Crippen molar-refractivity contribution in [2.75, 3.05) is 33.4 Å². The summed E-state index contributed by atoms with van der Waals surface area (Å²) in [7, 11) is 1.49. The van der Waals surface area contributed by atoms with Gasteiger partial charge in [-0.05, 0) is 105 Å². The fourth-order valence-corrected chi connectivity index (χ4v) is 4.94. The van der Waals surface area contributed by atoms with E-state index in [1.165, 1.54) is 19.2 Å². The first kappa shape index (κ1) is 28.7. The van der Waals surface area contributed by atoms with Gasteiger partial charge < -0.3 is 25.0 Å². The summed E-state index contributed by atoms with van der Waals surface area (Å²) in [5.41, 5.74) is 1.95. The quantitative estimate of drug-likeness (QED) is 0.303. The maximum absolute atomic E-state index is 13.6. The van der Waals surface area contributed by atoms with E-state index in [1.54, 1.807) is 37.3 Å². The monoisotopic (exact) mass is 536 g/mol. The van der Waals surface area contributed by atoms with Crippen LogP contribution in [0.5, 0.6) is 11.5 Å². The molecule has 2 heterocycles. The van der Waals surface area contributed by atoms with Gasteiger partial charge in [-0.1, -0.05) is 6.92 Å². The van der Waals surface area contributed by atoms with Crippen LogP contribution in [0.15, 0.2) is 54.6 Å². The van der Waals surface area contributed by atoms with Crippen LogP contribution in [-0.2, 0) is 11.0 Å². The Bertz CT molecular complexity index is 1290. The van der Waals surface area contributed by atoms with Crippen LogP contribution in [0, 0.1) is 5.82 Å². The number of aliphatic hydroxyl groups is 2. The minimum Gasteiger partial charge on any atom is -0.493 e. The number of nitrogens with one attached hydrogen (secondary N) is 1. The molecule has 0 radical (unpaired) electrons. The second-order valence-electron chi connectivity index (χ2n) is 10.6. The minimum absolute atomic E-state index is 0.0893. The molecule has 3 aromatic rings. The zero-order chi connectivity index (χ0) is 28.0. The van der Waals surface area contributed by atoms with Crippen LogP contribution in [0.1, 0.15) is 61.1 Å². The summed E-state index contributed by atoms with van der Waals surface area (Å²) in [6.07, 6.45) is 2.14. The number of hydrogen-bond acceptors (Lipinski definition) is 7. The van der Waals surface area contributed by atoms with E-state index in [1.807, 2.05) is 12.1 Å². The Morgan fingerprint density at radius 2 is 1.82 bits per heavy atom. The van der Waals surface area contributed by atoms with Crippen LogP contribution in [0.25, 0.3) is 11.3 Å². The van der Waals surface area contributed by atoms with Crippen molar-refractivity contribution in [3.05, 3.63) is 77.2 Å². The van der Waals surface area contributed by atoms with Gasteiger partial charge in [0.1, 0.15) is 18.0 Å². The molecule has 39 heavy (non-hydrogen) atoms. The van der Waals surface area contributed by atoms with Crippen molar-refractivity contribution in [3.8, 4) is 22.8 Å². The average molecular weight is 537 g/mol. The number of aliphatic hydroxyl groups excluding tert-OH is 1. The molecule has 1 saturated heterocycles. The maximum atomic E-state index is 13.6. The summed E-state index contributed by atoms with van der Waals surface area (Å²) < 4.78 is 24.4. The van der Waals surface area contributed by atoms with Crippen molar-refractivity contribution >= 4 is 5.78 Å². The third kappa shape index (κ3) is 6.82. The Kier molecular flexibility index (Phi) is 9.00. The van der Waals surface area contributed by atoms with Crippen molar-refractivity contribution < 1.29 is 28.9 Å². The lowest BCUT2D eigenvalue weighted by Gasteiger charge is -2.36. The van der Waals surface area contributed by atoms with E-state index in [0.29, 0.717) is 28.5 Å². The first-order chi connectivity index (χ1) is 18.6. The predicted molar refractivity (Wildman–Crippen MR) is 148 cm³/mol. The maximum Gasteiger partial charge on any atom is 0.163 e. The Morgan fingerprint density at radius 3 is 2.49 bits per heavy atom. The van der Waals surface area contributed by atoms with Gasteiger partial charge in [-0.2, -0.15) is 0 Å². The van der Waals surface area contributed by atoms with Gasteiger partial charge in [0.05, 0.1) is 25.1 Å². The number of hydrogen-bond donors (Lipinski definition) is 3. The van der Waals surface area contributed by atoms with Crippen LogP contribution in [-0.4, -0.2) is 54.4 Å². The number of carbonyl (C=O) groups is 1. The molecule has 0 amide bonds. The first-order valence-electron chi connectivity index (χ1n) is 13.3. The standard InChI is InChI=1S/C31H37FN2O5/c1-30(12-14-33-15-13-30)23-19-25(21-4-7-24(32)8-5-21)34-29(20-23)31(2,37)11-10-26(36)22-6-9-27(39-17-16-35)28(18-22)38-3/h4-9,18-20,33,35,37H,10-17H2,1-3H3. The van der Waals surface area contributed by atoms with E-state index < -0.39 is 5.60 Å². The van der Waals surface area contributed by atoms with Gasteiger partial charge in [0, 0.05) is 17.5 Å². The SMILES string of the molecule is COc1cc(C(=O)CCC(C)(O)c2cc(C3(C)CCNCC3)cc(-c3ccc(F)cc3)n2)ccc1OCCO. The highest BCUT2D eigenvalue weighted by atomic mass is 19.1. The van der Waals surface area contributed by atoms with E-state index in [4.69, 9.17) is 19.6 Å². The van der Waals surface area contributed by atoms with E-state index in [0.717, 1.165) is 37.1 Å². The van der Waals surface area contributed by atoms with Crippen molar-refractivity contribution in [1.29, 1.82) is 0 Å². The molecule has 1 atom stereocenters. The number of aromatic nitrogens is 1. The van der Waals surface area contributed by atoms with Gasteiger partial charge in [0.2, 0.25) is 0 Å². The second-order valence-corrected chi connectivity index (χ2v) is 10.6. The van der Waals surface area contributed by atoms with Crippen LogP contribution >= 0.6 is 0 Å². The van der Waals surface area contributed by atoms with E-state index in [-0.39, 0.29) is 43.1 Å². The molecule has 1 fully saturated rings. The average Bonchev–Trinajstić information content (AvgIpc) is 2.95. The molecule has 0 aliphatic carbocycles. The summed E-state index contributed by atoms with van der Waals surface area (Å²) in [5, 5.41) is 24.0. The van der Waals surface area contributed by atoms with E-state index in [2.05, 4.69) is 12.2 Å². The van der Waals surface area contributed by atoms with Gasteiger partial charge in [0.15, 0.2) is 17.3 Å². The molecule has 0 saturated carbocycles. The number of nitrogens with zero attached hydrogens (tertiary/aromatic N) is 1. The Morgan fingerprint density at radius 1 is 1.10 bits per heavy atom. The topological polar surface area (TPSA) is 101 Å². The van der Waals surface area contributed by atoms with Gasteiger partial charge >= 0.3 is 0 Å². The number of rotatable bonds is 11. The van der Waals surface area contributed by atoms with Crippen molar-refractivity contribution in [1.82, 2.24) is 10.3 Å². The third-order valence-electron chi connectivity index (χ3n) is 7.59. The van der Waals surface area contributed by atoms with Crippen LogP contribution in [0.2, 0.25) is 0 Å². The Labute approximate surface area is 229 Å². The molecule has 4 rings (SSSR count). The zero-order valence-corrected chi connectivity index (χ0v) is 22.8.